The first-order valence-corrected chi connectivity index (χ1v) is 4.04. The Hall–Kier alpha value is -0.0800. The molecular weight excluding hydrogens is 126 g/mol. The van der Waals surface area contributed by atoms with Crippen molar-refractivity contribution in [2.45, 2.75) is 51.3 Å². The van der Waals surface area contributed by atoms with Crippen molar-refractivity contribution in [3.63, 3.8) is 0 Å². The van der Waals surface area contributed by atoms with E-state index in [-0.39, 0.29) is 11.6 Å². The molecule has 1 rings (SSSR count). The lowest BCUT2D eigenvalue weighted by molar-refractivity contribution is -0.759. The second-order valence-electron chi connectivity index (χ2n) is 4.23. The van der Waals surface area contributed by atoms with Crippen molar-refractivity contribution in [3.05, 3.63) is 0 Å². The summed E-state index contributed by atoms with van der Waals surface area (Å²) in [4.78, 5) is 0. The lowest BCUT2D eigenvalue weighted by atomic mass is 9.88. The second kappa shape index (κ2) is 2.51. The molecule has 0 aromatic carbocycles. The minimum atomic E-state index is -0.0741. The lowest BCUT2D eigenvalue weighted by Crippen LogP contribution is -3.01. The Balaban J connectivity index is 2.51. The van der Waals surface area contributed by atoms with E-state index in [0.29, 0.717) is 6.04 Å². The molecule has 1 fully saturated rings. The zero-order valence-corrected chi connectivity index (χ0v) is 7.09. The summed E-state index contributed by atoms with van der Waals surface area (Å²) in [7, 11) is 0. The Morgan fingerprint density at radius 2 is 2.10 bits per heavy atom. The van der Waals surface area contributed by atoms with E-state index in [2.05, 4.69) is 26.1 Å². The molecule has 0 aromatic heterocycles. The molecule has 3 N–H and O–H groups in total. The average molecular weight is 144 g/mol. The fraction of sp³-hybridized carbons (Fsp3) is 1.00. The van der Waals surface area contributed by atoms with Crippen molar-refractivity contribution < 1.29 is 10.4 Å². The highest BCUT2D eigenvalue weighted by atomic mass is 16.3. The molecule has 0 saturated carbocycles. The van der Waals surface area contributed by atoms with E-state index in [1.807, 2.05) is 0 Å². The number of aliphatic hydroxyl groups is 1. The smallest absolute Gasteiger partial charge is 0.0931 e. The molecule has 60 valence electrons. The normalized spacial score (nSPS) is 39.6. The van der Waals surface area contributed by atoms with Gasteiger partial charge in [-0.1, -0.05) is 0 Å². The van der Waals surface area contributed by atoms with Crippen molar-refractivity contribution in [1.82, 2.24) is 0 Å². The Morgan fingerprint density at radius 3 is 2.50 bits per heavy atom. The van der Waals surface area contributed by atoms with Crippen LogP contribution in [0.15, 0.2) is 0 Å². The van der Waals surface area contributed by atoms with E-state index in [1.165, 1.54) is 0 Å². The van der Waals surface area contributed by atoms with E-state index in [9.17, 15) is 5.11 Å². The molecule has 1 aliphatic heterocycles. The average Bonchev–Trinajstić information content (AvgIpc) is 1.54. The molecule has 2 heteroatoms. The van der Waals surface area contributed by atoms with Crippen LogP contribution < -0.4 is 5.32 Å². The van der Waals surface area contributed by atoms with Crippen LogP contribution in [0.1, 0.15) is 33.6 Å². The van der Waals surface area contributed by atoms with E-state index in [4.69, 9.17) is 0 Å². The monoisotopic (exact) mass is 144 g/mol. The zero-order chi connectivity index (χ0) is 7.78. The number of nitrogens with two attached hydrogens (primary N) is 1. The maximum absolute atomic E-state index is 9.40. The summed E-state index contributed by atoms with van der Waals surface area (Å²) in [6, 6.07) is 0.582. The quantitative estimate of drug-likeness (QED) is 0.488. The van der Waals surface area contributed by atoms with Crippen LogP contribution >= 0.6 is 0 Å². The van der Waals surface area contributed by atoms with Gasteiger partial charge < -0.3 is 10.4 Å². The van der Waals surface area contributed by atoms with Crippen LogP contribution in [0.2, 0.25) is 0 Å². The predicted octanol–water partition coefficient (Wildman–Crippen LogP) is -0.128. The van der Waals surface area contributed by atoms with Crippen LogP contribution in [-0.2, 0) is 0 Å². The Bertz CT molecular complexity index is 110. The summed E-state index contributed by atoms with van der Waals surface area (Å²) < 4.78 is 0. The number of piperidine rings is 1. The van der Waals surface area contributed by atoms with Crippen LogP contribution in [0.3, 0.4) is 0 Å². The summed E-state index contributed by atoms with van der Waals surface area (Å²) in [5.74, 6) is 0. The highest BCUT2D eigenvalue weighted by molar-refractivity contribution is 4.76. The van der Waals surface area contributed by atoms with Crippen LogP contribution in [0.25, 0.3) is 0 Å². The summed E-state index contributed by atoms with van der Waals surface area (Å²) in [6.45, 7) is 6.54. The summed E-state index contributed by atoms with van der Waals surface area (Å²) in [6.07, 6.45) is 1.80. The molecule has 0 radical (unpaired) electrons. The van der Waals surface area contributed by atoms with Crippen molar-refractivity contribution in [2.24, 2.45) is 0 Å². The summed E-state index contributed by atoms with van der Waals surface area (Å²) in [5.41, 5.74) is 0.247. The first-order valence-electron chi connectivity index (χ1n) is 4.04. The van der Waals surface area contributed by atoms with Crippen LogP contribution in [0.4, 0.5) is 0 Å². The van der Waals surface area contributed by atoms with E-state index < -0.39 is 0 Å². The lowest BCUT2D eigenvalue weighted by Gasteiger charge is -2.34. The van der Waals surface area contributed by atoms with Gasteiger partial charge in [-0.3, -0.25) is 0 Å². The minimum absolute atomic E-state index is 0.0741. The molecule has 0 aromatic rings. The Morgan fingerprint density at radius 1 is 1.50 bits per heavy atom. The molecular formula is C8H18NO+. The van der Waals surface area contributed by atoms with E-state index in [0.717, 1.165) is 12.8 Å². The van der Waals surface area contributed by atoms with Crippen LogP contribution in [0, 0.1) is 0 Å². The number of aliphatic hydroxyl groups excluding tert-OH is 1. The molecule has 2 atom stereocenters. The number of quaternary nitrogens is 1. The largest absolute Gasteiger partial charge is 0.393 e. The molecule has 0 amide bonds. The molecule has 1 heterocycles. The Kier molecular flexibility index (Phi) is 2.02. The molecule has 0 bridgehead atoms. The van der Waals surface area contributed by atoms with Gasteiger partial charge in [-0.25, -0.2) is 0 Å². The van der Waals surface area contributed by atoms with Gasteiger partial charge in [0.05, 0.1) is 17.7 Å². The fourth-order valence-electron chi connectivity index (χ4n) is 2.03. The highest BCUT2D eigenvalue weighted by Crippen LogP contribution is 2.14. The van der Waals surface area contributed by atoms with Gasteiger partial charge in [0, 0.05) is 12.8 Å². The van der Waals surface area contributed by atoms with Crippen molar-refractivity contribution in [1.29, 1.82) is 0 Å². The van der Waals surface area contributed by atoms with Crippen molar-refractivity contribution >= 4 is 0 Å². The number of rotatable bonds is 0. The van der Waals surface area contributed by atoms with Gasteiger partial charge in [0.25, 0.3) is 0 Å². The molecule has 2 nitrogen and oxygen atoms in total. The van der Waals surface area contributed by atoms with Gasteiger partial charge in [0.2, 0.25) is 0 Å². The standard InChI is InChI=1S/C8H17NO/c1-6-4-7(10)5-8(2,3)9-6/h6-7,9-10H,4-5H2,1-3H3/p+1/t6-,7-/m0/s1. The SMILES string of the molecule is C[C@H]1C[C@H](O)CC(C)(C)[NH2+]1. The number of hydrogen-bond acceptors (Lipinski definition) is 1. The number of hydrogen-bond donors (Lipinski definition) is 2. The predicted molar refractivity (Wildman–Crippen MR) is 40.7 cm³/mol. The highest BCUT2D eigenvalue weighted by Gasteiger charge is 2.33. The molecule has 0 aliphatic carbocycles. The van der Waals surface area contributed by atoms with Gasteiger partial charge in [0.15, 0.2) is 0 Å². The molecule has 10 heavy (non-hydrogen) atoms. The molecule has 1 aliphatic rings. The van der Waals surface area contributed by atoms with Gasteiger partial charge in [-0.05, 0) is 20.8 Å². The topological polar surface area (TPSA) is 36.8 Å². The first-order chi connectivity index (χ1) is 4.49. The van der Waals surface area contributed by atoms with E-state index in [1.54, 1.807) is 0 Å². The van der Waals surface area contributed by atoms with Crippen molar-refractivity contribution in [2.75, 3.05) is 0 Å². The van der Waals surface area contributed by atoms with E-state index >= 15 is 0 Å². The van der Waals surface area contributed by atoms with Gasteiger partial charge in [-0.15, -0.1) is 0 Å². The third-order valence-electron chi connectivity index (χ3n) is 2.14. The fourth-order valence-corrected chi connectivity index (χ4v) is 2.03. The molecule has 0 unspecified atom stereocenters. The summed E-state index contributed by atoms with van der Waals surface area (Å²) >= 11 is 0. The maximum Gasteiger partial charge on any atom is 0.0931 e. The third-order valence-corrected chi connectivity index (χ3v) is 2.14. The first kappa shape index (κ1) is 8.02. The minimum Gasteiger partial charge on any atom is -0.393 e. The third kappa shape index (κ3) is 1.96. The molecule has 1 saturated heterocycles. The summed E-state index contributed by atoms with van der Waals surface area (Å²) in [5, 5.41) is 11.7. The van der Waals surface area contributed by atoms with Gasteiger partial charge in [-0.2, -0.15) is 0 Å². The Labute approximate surface area is 62.6 Å². The van der Waals surface area contributed by atoms with Crippen LogP contribution in [-0.4, -0.2) is 22.8 Å². The van der Waals surface area contributed by atoms with Crippen molar-refractivity contribution in [3.8, 4) is 0 Å². The van der Waals surface area contributed by atoms with Crippen LogP contribution in [0.5, 0.6) is 0 Å². The van der Waals surface area contributed by atoms with Gasteiger partial charge in [0.1, 0.15) is 0 Å². The maximum atomic E-state index is 9.40. The van der Waals surface area contributed by atoms with Gasteiger partial charge >= 0.3 is 0 Å². The second-order valence-corrected chi connectivity index (χ2v) is 4.23. The molecule has 0 spiro atoms. The zero-order valence-electron chi connectivity index (χ0n) is 7.09.